The predicted molar refractivity (Wildman–Crippen MR) is 92.3 cm³/mol. The van der Waals surface area contributed by atoms with Crippen molar-refractivity contribution in [2.75, 3.05) is 40.4 Å². The fourth-order valence-corrected chi connectivity index (χ4v) is 3.13. The Morgan fingerprint density at radius 3 is 1.61 bits per heavy atom. The first kappa shape index (κ1) is 15.8. The van der Waals surface area contributed by atoms with E-state index >= 15 is 0 Å². The first-order valence-electron chi connectivity index (χ1n) is 8.04. The van der Waals surface area contributed by atoms with Crippen LogP contribution in [0.2, 0.25) is 0 Å². The van der Waals surface area contributed by atoms with E-state index in [0.29, 0.717) is 0 Å². The molecular weight excluding hydrogens is 288 g/mol. The summed E-state index contributed by atoms with van der Waals surface area (Å²) in [4.78, 5) is 2.53. The second kappa shape index (κ2) is 7.49. The van der Waals surface area contributed by atoms with Gasteiger partial charge in [-0.15, -0.1) is 0 Å². The van der Waals surface area contributed by atoms with Gasteiger partial charge in [0, 0.05) is 26.2 Å². The number of ether oxygens (including phenoxy) is 2. The molecule has 1 saturated heterocycles. The lowest BCUT2D eigenvalue weighted by Gasteiger charge is -2.35. The highest BCUT2D eigenvalue weighted by molar-refractivity contribution is 5.38. The molecular formula is C19H24N2O2. The molecule has 23 heavy (non-hydrogen) atoms. The van der Waals surface area contributed by atoms with Crippen LogP contribution >= 0.6 is 0 Å². The lowest BCUT2D eigenvalue weighted by Crippen LogP contribution is -2.45. The molecule has 122 valence electrons. The van der Waals surface area contributed by atoms with Crippen LogP contribution < -0.4 is 14.8 Å². The summed E-state index contributed by atoms with van der Waals surface area (Å²) in [5.74, 6) is 1.78. The summed E-state index contributed by atoms with van der Waals surface area (Å²) in [5, 5.41) is 3.43. The van der Waals surface area contributed by atoms with Gasteiger partial charge < -0.3 is 14.8 Å². The monoisotopic (exact) mass is 312 g/mol. The SMILES string of the molecule is COc1ccc(C(c2ccc(OC)cc2)N2CCNCC2)cc1. The minimum Gasteiger partial charge on any atom is -0.497 e. The lowest BCUT2D eigenvalue weighted by molar-refractivity contribution is 0.198. The Balaban J connectivity index is 1.93. The van der Waals surface area contributed by atoms with Crippen LogP contribution in [0.15, 0.2) is 48.5 Å². The molecule has 1 N–H and O–H groups in total. The van der Waals surface area contributed by atoms with Crippen molar-refractivity contribution in [3.63, 3.8) is 0 Å². The molecule has 1 aliphatic rings. The maximum atomic E-state index is 5.29. The van der Waals surface area contributed by atoms with Crippen molar-refractivity contribution in [2.45, 2.75) is 6.04 Å². The van der Waals surface area contributed by atoms with Gasteiger partial charge in [-0.3, -0.25) is 4.90 Å². The molecule has 3 rings (SSSR count). The van der Waals surface area contributed by atoms with E-state index in [-0.39, 0.29) is 6.04 Å². The summed E-state index contributed by atoms with van der Waals surface area (Å²) in [7, 11) is 3.40. The van der Waals surface area contributed by atoms with Gasteiger partial charge in [-0.05, 0) is 35.4 Å². The molecule has 4 heteroatoms. The summed E-state index contributed by atoms with van der Waals surface area (Å²) < 4.78 is 10.6. The van der Waals surface area contributed by atoms with E-state index in [1.54, 1.807) is 14.2 Å². The summed E-state index contributed by atoms with van der Waals surface area (Å²) in [6, 6.07) is 17.1. The number of nitrogens with one attached hydrogen (secondary N) is 1. The van der Waals surface area contributed by atoms with Gasteiger partial charge in [0.2, 0.25) is 0 Å². The number of benzene rings is 2. The zero-order valence-corrected chi connectivity index (χ0v) is 13.8. The number of rotatable bonds is 5. The van der Waals surface area contributed by atoms with Crippen LogP contribution in [0.3, 0.4) is 0 Å². The summed E-state index contributed by atoms with van der Waals surface area (Å²) >= 11 is 0. The van der Waals surface area contributed by atoms with Gasteiger partial charge in [0.15, 0.2) is 0 Å². The summed E-state index contributed by atoms with van der Waals surface area (Å²) in [5.41, 5.74) is 2.58. The van der Waals surface area contributed by atoms with E-state index in [9.17, 15) is 0 Å². The molecule has 2 aromatic carbocycles. The smallest absolute Gasteiger partial charge is 0.118 e. The first-order valence-corrected chi connectivity index (χ1v) is 8.04. The molecule has 1 heterocycles. The highest BCUT2D eigenvalue weighted by atomic mass is 16.5. The molecule has 0 saturated carbocycles. The Morgan fingerprint density at radius 2 is 1.22 bits per heavy atom. The molecule has 1 aliphatic heterocycles. The van der Waals surface area contributed by atoms with Crippen molar-refractivity contribution in [3.05, 3.63) is 59.7 Å². The Kier molecular flexibility index (Phi) is 5.16. The Bertz CT molecular complexity index is 557. The van der Waals surface area contributed by atoms with Crippen molar-refractivity contribution >= 4 is 0 Å². The van der Waals surface area contributed by atoms with Crippen molar-refractivity contribution in [1.29, 1.82) is 0 Å². The zero-order valence-electron chi connectivity index (χ0n) is 13.8. The van der Waals surface area contributed by atoms with Gasteiger partial charge in [0.25, 0.3) is 0 Å². The first-order chi connectivity index (χ1) is 11.3. The Morgan fingerprint density at radius 1 is 0.783 bits per heavy atom. The van der Waals surface area contributed by atoms with E-state index in [4.69, 9.17) is 9.47 Å². The van der Waals surface area contributed by atoms with Crippen molar-refractivity contribution < 1.29 is 9.47 Å². The number of hydrogen-bond donors (Lipinski definition) is 1. The van der Waals surface area contributed by atoms with E-state index in [1.165, 1.54) is 11.1 Å². The minimum atomic E-state index is 0.258. The molecule has 0 atom stereocenters. The molecule has 0 unspecified atom stereocenters. The maximum absolute atomic E-state index is 5.29. The van der Waals surface area contributed by atoms with Gasteiger partial charge >= 0.3 is 0 Å². The highest BCUT2D eigenvalue weighted by Gasteiger charge is 2.23. The fourth-order valence-electron chi connectivity index (χ4n) is 3.13. The van der Waals surface area contributed by atoms with Gasteiger partial charge in [0.1, 0.15) is 11.5 Å². The van der Waals surface area contributed by atoms with E-state index in [0.717, 1.165) is 37.7 Å². The topological polar surface area (TPSA) is 33.7 Å². The third-order valence-corrected chi connectivity index (χ3v) is 4.38. The van der Waals surface area contributed by atoms with E-state index in [2.05, 4.69) is 34.5 Å². The number of methoxy groups -OCH3 is 2. The fraction of sp³-hybridized carbons (Fsp3) is 0.368. The van der Waals surface area contributed by atoms with Crippen LogP contribution in [-0.2, 0) is 0 Å². The largest absolute Gasteiger partial charge is 0.497 e. The second-order valence-corrected chi connectivity index (χ2v) is 5.73. The van der Waals surface area contributed by atoms with Gasteiger partial charge in [-0.2, -0.15) is 0 Å². The molecule has 0 aliphatic carbocycles. The molecule has 0 radical (unpaired) electrons. The number of piperazine rings is 1. The molecule has 0 spiro atoms. The Labute approximate surface area is 138 Å². The van der Waals surface area contributed by atoms with Gasteiger partial charge in [0.05, 0.1) is 20.3 Å². The normalized spacial score (nSPS) is 15.6. The number of nitrogens with zero attached hydrogens (tertiary/aromatic N) is 1. The lowest BCUT2D eigenvalue weighted by atomic mass is 9.96. The standard InChI is InChI=1S/C19H24N2O2/c1-22-17-7-3-15(4-8-17)19(21-13-11-20-12-14-21)16-5-9-18(23-2)10-6-16/h3-10,19-20H,11-14H2,1-2H3. The Hall–Kier alpha value is -2.04. The molecule has 0 amide bonds. The molecule has 4 nitrogen and oxygen atoms in total. The second-order valence-electron chi connectivity index (χ2n) is 5.73. The van der Waals surface area contributed by atoms with Crippen molar-refractivity contribution in [1.82, 2.24) is 10.2 Å². The van der Waals surface area contributed by atoms with Crippen LogP contribution in [0.5, 0.6) is 11.5 Å². The average molecular weight is 312 g/mol. The molecule has 0 bridgehead atoms. The molecule has 2 aromatic rings. The minimum absolute atomic E-state index is 0.258. The molecule has 1 fully saturated rings. The summed E-state index contributed by atoms with van der Waals surface area (Å²) in [6.45, 7) is 4.15. The number of hydrogen-bond acceptors (Lipinski definition) is 4. The van der Waals surface area contributed by atoms with E-state index < -0.39 is 0 Å². The van der Waals surface area contributed by atoms with Crippen LogP contribution in [0.25, 0.3) is 0 Å². The average Bonchev–Trinajstić information content (AvgIpc) is 2.64. The predicted octanol–water partition coefficient (Wildman–Crippen LogP) is 2.70. The van der Waals surface area contributed by atoms with E-state index in [1.807, 2.05) is 24.3 Å². The van der Waals surface area contributed by atoms with Crippen LogP contribution in [-0.4, -0.2) is 45.3 Å². The zero-order chi connectivity index (χ0) is 16.1. The van der Waals surface area contributed by atoms with Crippen LogP contribution in [0.4, 0.5) is 0 Å². The maximum Gasteiger partial charge on any atom is 0.118 e. The third kappa shape index (κ3) is 3.66. The van der Waals surface area contributed by atoms with Crippen LogP contribution in [0, 0.1) is 0 Å². The third-order valence-electron chi connectivity index (χ3n) is 4.38. The van der Waals surface area contributed by atoms with Crippen molar-refractivity contribution in [3.8, 4) is 11.5 Å². The molecule has 0 aromatic heterocycles. The van der Waals surface area contributed by atoms with Gasteiger partial charge in [-0.25, -0.2) is 0 Å². The van der Waals surface area contributed by atoms with Gasteiger partial charge in [-0.1, -0.05) is 24.3 Å². The van der Waals surface area contributed by atoms with Crippen molar-refractivity contribution in [2.24, 2.45) is 0 Å². The summed E-state index contributed by atoms with van der Waals surface area (Å²) in [6.07, 6.45) is 0. The quantitative estimate of drug-likeness (QED) is 0.920. The van der Waals surface area contributed by atoms with Crippen LogP contribution in [0.1, 0.15) is 17.2 Å². The highest BCUT2D eigenvalue weighted by Crippen LogP contribution is 2.31.